The number of rotatable bonds is 2. The van der Waals surface area contributed by atoms with Gasteiger partial charge in [-0.3, -0.25) is 4.79 Å². The van der Waals surface area contributed by atoms with Gasteiger partial charge in [-0.15, -0.1) is 20.4 Å². The number of aromatic carboxylic acids is 1. The lowest BCUT2D eigenvalue weighted by molar-refractivity contribution is 0.0298. The van der Waals surface area contributed by atoms with E-state index in [4.69, 9.17) is 37.8 Å². The third-order valence-corrected chi connectivity index (χ3v) is 4.25. The molecule has 31 heavy (non-hydrogen) atoms. The number of hydrogen-bond acceptors (Lipinski definition) is 9. The number of aromatic nitrogens is 4. The summed E-state index contributed by atoms with van der Waals surface area (Å²) < 4.78 is 10.2. The number of ether oxygens (including phenoxy) is 2. The zero-order valence-electron chi connectivity index (χ0n) is 16.5. The van der Waals surface area contributed by atoms with Gasteiger partial charge in [0, 0.05) is 26.2 Å². The Hall–Kier alpha value is -2.44. The number of amides is 1. The lowest BCUT2D eigenvalue weighted by Crippen LogP contribution is -2.41. The predicted molar refractivity (Wildman–Crippen MR) is 111 cm³/mol. The van der Waals surface area contributed by atoms with Gasteiger partial charge in [0.2, 0.25) is 0 Å². The second kappa shape index (κ2) is 13.8. The maximum atomic E-state index is 11.8. The van der Waals surface area contributed by atoms with Crippen molar-refractivity contribution in [1.82, 2.24) is 30.6 Å². The van der Waals surface area contributed by atoms with Crippen molar-refractivity contribution >= 4 is 35.1 Å². The van der Waals surface area contributed by atoms with Crippen LogP contribution in [0.4, 0.5) is 0 Å². The maximum absolute atomic E-state index is 11.8. The molecule has 0 radical (unpaired) electrons. The molecule has 2 aliphatic heterocycles. The van der Waals surface area contributed by atoms with Gasteiger partial charge in [0.1, 0.15) is 0 Å². The molecular weight excluding hydrogens is 451 g/mol. The van der Waals surface area contributed by atoms with Crippen molar-refractivity contribution in [3.63, 3.8) is 0 Å². The van der Waals surface area contributed by atoms with E-state index in [9.17, 15) is 9.59 Å². The quantitative estimate of drug-likeness (QED) is 0.650. The summed E-state index contributed by atoms with van der Waals surface area (Å²) in [6, 6.07) is 5.80. The van der Waals surface area contributed by atoms with E-state index in [1.807, 2.05) is 0 Å². The van der Waals surface area contributed by atoms with Crippen LogP contribution in [0, 0.1) is 0 Å². The molecule has 2 fully saturated rings. The Morgan fingerprint density at radius 2 is 1.35 bits per heavy atom. The minimum atomic E-state index is -1.11. The number of halogens is 2. The summed E-state index contributed by atoms with van der Waals surface area (Å²) in [6.07, 6.45) is 0. The molecule has 0 unspecified atom stereocenters. The number of carbonyl (C=O) groups is 2. The average molecular weight is 473 g/mol. The molecule has 2 aromatic heterocycles. The van der Waals surface area contributed by atoms with Crippen LogP contribution in [0.25, 0.3) is 0 Å². The molecule has 4 rings (SSSR count). The number of hydrogen-bond donors (Lipinski definition) is 2. The minimum absolute atomic E-state index is 0.107. The van der Waals surface area contributed by atoms with E-state index in [-0.39, 0.29) is 21.9 Å². The molecule has 2 saturated heterocycles. The smallest absolute Gasteiger partial charge is 0.356 e. The molecule has 0 spiro atoms. The highest BCUT2D eigenvalue weighted by molar-refractivity contribution is 6.29. The molecule has 0 aromatic carbocycles. The Balaban J connectivity index is 0.000000183. The molecule has 0 atom stereocenters. The van der Waals surface area contributed by atoms with Crippen LogP contribution in [-0.4, -0.2) is 94.9 Å². The highest BCUT2D eigenvalue weighted by Crippen LogP contribution is 2.07. The summed E-state index contributed by atoms with van der Waals surface area (Å²) in [5, 5.41) is 26.0. The van der Waals surface area contributed by atoms with E-state index >= 15 is 0 Å². The zero-order valence-corrected chi connectivity index (χ0v) is 18.1. The van der Waals surface area contributed by atoms with Crippen molar-refractivity contribution in [2.45, 2.75) is 0 Å². The van der Waals surface area contributed by atoms with E-state index in [1.54, 1.807) is 17.0 Å². The summed E-state index contributed by atoms with van der Waals surface area (Å²) in [6.45, 7) is 6.19. The van der Waals surface area contributed by atoms with Gasteiger partial charge in [0.25, 0.3) is 5.91 Å². The SMILES string of the molecule is C1COCCN1.O=C(O)c1ccc(Cl)nn1.O=C(c1ccc(Cl)nn1)N1CCOCC1. The van der Waals surface area contributed by atoms with Crippen LogP contribution in [0.1, 0.15) is 21.0 Å². The molecule has 11 nitrogen and oxygen atoms in total. The molecular formula is C18H22Cl2N6O5. The fourth-order valence-corrected chi connectivity index (χ4v) is 2.51. The number of carbonyl (C=O) groups excluding carboxylic acids is 1. The summed E-state index contributed by atoms with van der Waals surface area (Å²) in [4.78, 5) is 23.7. The van der Waals surface area contributed by atoms with E-state index in [1.165, 1.54) is 12.1 Å². The minimum Gasteiger partial charge on any atom is -0.476 e. The first-order valence-electron chi connectivity index (χ1n) is 9.34. The van der Waals surface area contributed by atoms with Gasteiger partial charge < -0.3 is 24.8 Å². The van der Waals surface area contributed by atoms with Crippen molar-refractivity contribution in [2.75, 3.05) is 52.6 Å². The Bertz CT molecular complexity index is 804. The fourth-order valence-electron chi connectivity index (χ4n) is 2.30. The van der Waals surface area contributed by atoms with Gasteiger partial charge in [-0.2, -0.15) is 0 Å². The highest BCUT2D eigenvalue weighted by Gasteiger charge is 2.19. The number of carboxylic acid groups (broad SMARTS) is 1. The molecule has 2 aromatic rings. The van der Waals surface area contributed by atoms with Gasteiger partial charge in [0.15, 0.2) is 21.7 Å². The molecule has 13 heteroatoms. The molecule has 0 aliphatic carbocycles. The Labute approximate surface area is 188 Å². The summed E-state index contributed by atoms with van der Waals surface area (Å²) in [5.41, 5.74) is 0.214. The van der Waals surface area contributed by atoms with Gasteiger partial charge in [-0.25, -0.2) is 4.79 Å². The van der Waals surface area contributed by atoms with E-state index in [0.717, 1.165) is 26.3 Å². The van der Waals surface area contributed by atoms with Gasteiger partial charge in [-0.05, 0) is 24.3 Å². The molecule has 168 valence electrons. The fraction of sp³-hybridized carbons (Fsp3) is 0.444. The van der Waals surface area contributed by atoms with Crippen molar-refractivity contribution in [2.24, 2.45) is 0 Å². The van der Waals surface area contributed by atoms with Crippen LogP contribution in [0.3, 0.4) is 0 Å². The van der Waals surface area contributed by atoms with E-state index in [2.05, 4.69) is 25.7 Å². The lowest BCUT2D eigenvalue weighted by atomic mass is 10.3. The van der Waals surface area contributed by atoms with Gasteiger partial charge in [0.05, 0.1) is 26.4 Å². The maximum Gasteiger partial charge on any atom is 0.356 e. The summed E-state index contributed by atoms with van der Waals surface area (Å²) >= 11 is 10.9. The largest absolute Gasteiger partial charge is 0.476 e. The normalized spacial score (nSPS) is 15.6. The lowest BCUT2D eigenvalue weighted by Gasteiger charge is -2.26. The van der Waals surface area contributed by atoms with Crippen molar-refractivity contribution in [1.29, 1.82) is 0 Å². The summed E-state index contributed by atoms with van der Waals surface area (Å²) in [5.74, 6) is -1.23. The standard InChI is InChI=1S/C9H10ClN3O2.C5H3ClN2O2.C4H9NO/c10-8-2-1-7(11-12-8)9(14)13-3-5-15-6-4-13;6-4-2-1-3(5(9)10)7-8-4;1-3-6-4-2-5-1/h1-2H,3-6H2;1-2H,(H,9,10);5H,1-4H2. The Morgan fingerprint density at radius 3 is 1.74 bits per heavy atom. The monoisotopic (exact) mass is 472 g/mol. The average Bonchev–Trinajstić information content (AvgIpc) is 2.82. The van der Waals surface area contributed by atoms with E-state index < -0.39 is 5.97 Å². The van der Waals surface area contributed by atoms with Gasteiger partial charge in [-0.1, -0.05) is 23.2 Å². The first-order chi connectivity index (χ1) is 15.0. The van der Waals surface area contributed by atoms with Crippen molar-refractivity contribution in [3.05, 3.63) is 46.0 Å². The van der Waals surface area contributed by atoms with Crippen LogP contribution in [0.15, 0.2) is 24.3 Å². The Kier molecular flexibility index (Phi) is 11.0. The number of nitrogens with zero attached hydrogens (tertiary/aromatic N) is 5. The topological polar surface area (TPSA) is 140 Å². The van der Waals surface area contributed by atoms with Crippen LogP contribution >= 0.6 is 23.2 Å². The molecule has 0 saturated carbocycles. The van der Waals surface area contributed by atoms with Crippen molar-refractivity contribution in [3.8, 4) is 0 Å². The number of morpholine rings is 2. The van der Waals surface area contributed by atoms with Gasteiger partial charge >= 0.3 is 5.97 Å². The molecule has 2 N–H and O–H groups in total. The van der Waals surface area contributed by atoms with Crippen LogP contribution in [0.5, 0.6) is 0 Å². The molecule has 4 heterocycles. The molecule has 0 bridgehead atoms. The second-order valence-corrected chi connectivity index (χ2v) is 6.83. The molecule has 2 aliphatic rings. The molecule has 1 amide bonds. The zero-order chi connectivity index (χ0) is 22.5. The van der Waals surface area contributed by atoms with Crippen molar-refractivity contribution < 1.29 is 24.2 Å². The van der Waals surface area contributed by atoms with Crippen LogP contribution in [0.2, 0.25) is 10.3 Å². The first-order valence-corrected chi connectivity index (χ1v) is 10.1. The first kappa shape index (κ1) is 24.8. The summed E-state index contributed by atoms with van der Waals surface area (Å²) in [7, 11) is 0. The van der Waals surface area contributed by atoms with Crippen LogP contribution < -0.4 is 5.32 Å². The second-order valence-electron chi connectivity index (χ2n) is 6.05. The predicted octanol–water partition coefficient (Wildman–Crippen LogP) is 1.04. The highest BCUT2D eigenvalue weighted by atomic mass is 35.5. The van der Waals surface area contributed by atoms with Crippen LogP contribution in [-0.2, 0) is 9.47 Å². The third kappa shape index (κ3) is 9.49. The third-order valence-electron chi connectivity index (χ3n) is 3.85. The number of nitrogens with one attached hydrogen (secondary N) is 1. The number of carboxylic acids is 1. The van der Waals surface area contributed by atoms with E-state index in [0.29, 0.717) is 32.0 Å². The Morgan fingerprint density at radius 1 is 0.839 bits per heavy atom.